The van der Waals surface area contributed by atoms with Crippen molar-refractivity contribution in [3.63, 3.8) is 0 Å². The van der Waals surface area contributed by atoms with E-state index in [0.29, 0.717) is 0 Å². The summed E-state index contributed by atoms with van der Waals surface area (Å²) in [5, 5.41) is 16.9. The molecule has 31 heavy (non-hydrogen) atoms. The molecule has 0 bridgehead atoms. The molecule has 3 aromatic rings. The van der Waals surface area contributed by atoms with E-state index in [1.165, 1.54) is 12.1 Å². The molecule has 3 aromatic carbocycles. The molecule has 0 spiro atoms. The minimum absolute atomic E-state index is 0.104. The Labute approximate surface area is 175 Å². The molecule has 0 atom stereocenters. The first-order chi connectivity index (χ1) is 14.2. The number of hydrogen-bond donors (Lipinski definition) is 4. The van der Waals surface area contributed by atoms with Gasteiger partial charge in [0.15, 0.2) is 0 Å². The number of rotatable bonds is 5. The largest absolute Gasteiger partial charge is 0.506 e. The molecule has 0 saturated heterocycles. The van der Waals surface area contributed by atoms with Crippen LogP contribution in [0.15, 0.2) is 73.4 Å². The van der Waals surface area contributed by atoms with E-state index >= 15 is 0 Å². The first-order valence-corrected chi connectivity index (χ1v) is 12.2. The van der Waals surface area contributed by atoms with Crippen LogP contribution in [0.1, 0.15) is 0 Å². The van der Waals surface area contributed by atoms with Crippen molar-refractivity contribution in [2.45, 2.75) is 14.7 Å². The van der Waals surface area contributed by atoms with Crippen molar-refractivity contribution < 1.29 is 44.0 Å². The highest BCUT2D eigenvalue weighted by Gasteiger charge is 2.21. The maximum atomic E-state index is 11.8. The zero-order chi connectivity index (χ0) is 23.2. The number of fused-ring (bicyclic) bond motifs is 1. The average molecular weight is 488 g/mol. The van der Waals surface area contributed by atoms with Gasteiger partial charge in [0.2, 0.25) is 0 Å². The second-order valence-electron chi connectivity index (χ2n) is 6.07. The molecule has 0 saturated carbocycles. The number of nitrogens with zero attached hydrogens (tertiary/aromatic N) is 2. The number of phenols is 1. The van der Waals surface area contributed by atoms with Gasteiger partial charge in [-0.25, -0.2) is 0 Å². The number of aromatic hydroxyl groups is 1. The molecule has 4 N–H and O–H groups in total. The minimum atomic E-state index is -4.96. The maximum Gasteiger partial charge on any atom is 0.296 e. The van der Waals surface area contributed by atoms with Crippen molar-refractivity contribution in [1.82, 2.24) is 0 Å². The molecule has 12 nitrogen and oxygen atoms in total. The Balaban J connectivity index is 2.26. The summed E-state index contributed by atoms with van der Waals surface area (Å²) in [6.45, 7) is 0. The van der Waals surface area contributed by atoms with E-state index in [-0.39, 0.29) is 10.8 Å². The molecule has 164 valence electrons. The SMILES string of the molecule is O=S(=O)(O)c1ccc(O)c(N=Nc2cc3cccc(S(=O)(=O)O)c3cc2S(=O)(=O)O)c1. The van der Waals surface area contributed by atoms with Crippen LogP contribution in [0.4, 0.5) is 11.4 Å². The minimum Gasteiger partial charge on any atom is -0.506 e. The number of phenolic OH excluding ortho intramolecular Hbond substituents is 1. The van der Waals surface area contributed by atoms with Gasteiger partial charge in [0, 0.05) is 5.39 Å². The van der Waals surface area contributed by atoms with Gasteiger partial charge >= 0.3 is 0 Å². The van der Waals surface area contributed by atoms with E-state index in [9.17, 15) is 39.5 Å². The van der Waals surface area contributed by atoms with Crippen LogP contribution >= 0.6 is 0 Å². The van der Waals surface area contributed by atoms with Crippen molar-refractivity contribution in [2.75, 3.05) is 0 Å². The van der Waals surface area contributed by atoms with Crippen LogP contribution in [0.3, 0.4) is 0 Å². The Morgan fingerprint density at radius 1 is 0.645 bits per heavy atom. The summed E-state index contributed by atoms with van der Waals surface area (Å²) in [5.74, 6) is -0.556. The lowest BCUT2D eigenvalue weighted by molar-refractivity contribution is 0.473. The highest BCUT2D eigenvalue weighted by atomic mass is 32.2. The van der Waals surface area contributed by atoms with Crippen LogP contribution in [-0.2, 0) is 30.4 Å². The van der Waals surface area contributed by atoms with E-state index in [1.54, 1.807) is 0 Å². The summed E-state index contributed by atoms with van der Waals surface area (Å²) in [6, 6.07) is 8.01. The van der Waals surface area contributed by atoms with Crippen LogP contribution in [-0.4, -0.2) is 44.0 Å². The fourth-order valence-electron chi connectivity index (χ4n) is 2.63. The van der Waals surface area contributed by atoms with Crippen LogP contribution in [0.25, 0.3) is 10.8 Å². The Kier molecular flexibility index (Phi) is 5.59. The fraction of sp³-hybridized carbons (Fsp3) is 0. The van der Waals surface area contributed by atoms with Crippen molar-refractivity contribution >= 4 is 52.5 Å². The smallest absolute Gasteiger partial charge is 0.296 e. The summed E-state index contributed by atoms with van der Waals surface area (Å²) in [4.78, 5) is -2.10. The van der Waals surface area contributed by atoms with Crippen LogP contribution in [0.2, 0.25) is 0 Å². The Morgan fingerprint density at radius 3 is 1.84 bits per heavy atom. The second kappa shape index (κ2) is 7.63. The zero-order valence-electron chi connectivity index (χ0n) is 15.0. The quantitative estimate of drug-likeness (QED) is 0.305. The topological polar surface area (TPSA) is 208 Å². The Hall–Kier alpha value is -2.95. The third kappa shape index (κ3) is 4.87. The molecule has 0 fully saturated rings. The molecule has 0 aliphatic rings. The van der Waals surface area contributed by atoms with Crippen molar-refractivity contribution in [3.05, 3.63) is 48.5 Å². The van der Waals surface area contributed by atoms with Gasteiger partial charge in [-0.2, -0.15) is 25.3 Å². The summed E-state index contributed by atoms with van der Waals surface area (Å²) in [7, 11) is -14.3. The highest BCUT2D eigenvalue weighted by Crippen LogP contribution is 2.36. The van der Waals surface area contributed by atoms with Crippen molar-refractivity contribution in [2.24, 2.45) is 10.2 Å². The summed E-state index contributed by atoms with van der Waals surface area (Å²) in [5.41, 5.74) is -0.942. The summed E-state index contributed by atoms with van der Waals surface area (Å²) < 4.78 is 97.1. The van der Waals surface area contributed by atoms with Gasteiger partial charge in [-0.3, -0.25) is 13.7 Å². The van der Waals surface area contributed by atoms with Gasteiger partial charge in [-0.05, 0) is 41.8 Å². The van der Waals surface area contributed by atoms with E-state index in [1.807, 2.05) is 0 Å². The van der Waals surface area contributed by atoms with E-state index in [0.717, 1.165) is 36.4 Å². The second-order valence-corrected chi connectivity index (χ2v) is 10.3. The summed E-state index contributed by atoms with van der Waals surface area (Å²) >= 11 is 0. The lowest BCUT2D eigenvalue weighted by Crippen LogP contribution is -2.02. The molecular weight excluding hydrogens is 476 g/mol. The van der Waals surface area contributed by atoms with Gasteiger partial charge in [-0.15, -0.1) is 10.2 Å². The first kappa shape index (κ1) is 22.7. The van der Waals surface area contributed by atoms with Crippen LogP contribution < -0.4 is 0 Å². The van der Waals surface area contributed by atoms with E-state index in [4.69, 9.17) is 4.55 Å². The van der Waals surface area contributed by atoms with E-state index in [2.05, 4.69) is 10.2 Å². The standard InChI is InChI=1S/C16H12N2O10S3/c19-14-5-4-10(29(20,21)22)7-12(14)17-18-13-6-9-2-1-3-15(30(23,24)25)11(9)8-16(13)31(26,27)28/h1-8,19H,(H,20,21,22)(H,23,24,25)(H,26,27,28). The monoisotopic (exact) mass is 488 g/mol. The number of hydrogen-bond acceptors (Lipinski definition) is 9. The predicted molar refractivity (Wildman–Crippen MR) is 106 cm³/mol. The maximum absolute atomic E-state index is 11.8. The third-order valence-corrected chi connectivity index (χ3v) is 6.63. The molecule has 0 unspecified atom stereocenters. The van der Waals surface area contributed by atoms with Crippen LogP contribution in [0, 0.1) is 0 Å². The molecule has 3 rings (SSSR count). The Bertz CT molecular complexity index is 1560. The lowest BCUT2D eigenvalue weighted by Gasteiger charge is -2.08. The first-order valence-electron chi connectivity index (χ1n) is 7.92. The molecule has 0 aliphatic carbocycles. The van der Waals surface area contributed by atoms with Crippen molar-refractivity contribution in [1.29, 1.82) is 0 Å². The lowest BCUT2D eigenvalue weighted by atomic mass is 10.1. The molecule has 0 aromatic heterocycles. The number of azo groups is 1. The predicted octanol–water partition coefficient (Wildman–Crippen LogP) is 2.70. The van der Waals surface area contributed by atoms with Crippen molar-refractivity contribution in [3.8, 4) is 5.75 Å². The Morgan fingerprint density at radius 2 is 1.26 bits per heavy atom. The molecule has 0 radical (unpaired) electrons. The van der Waals surface area contributed by atoms with E-state index < -0.39 is 62.2 Å². The molecule has 0 aliphatic heterocycles. The fourth-order valence-corrected chi connectivity index (χ4v) is 4.46. The van der Waals surface area contributed by atoms with Crippen LogP contribution in [0.5, 0.6) is 5.75 Å². The molecular formula is C16H12N2O10S3. The number of benzene rings is 3. The van der Waals surface area contributed by atoms with Gasteiger partial charge < -0.3 is 5.11 Å². The third-order valence-electron chi connectivity index (χ3n) is 3.99. The normalized spacial score (nSPS) is 13.1. The van der Waals surface area contributed by atoms with Gasteiger partial charge in [-0.1, -0.05) is 12.1 Å². The zero-order valence-corrected chi connectivity index (χ0v) is 17.4. The molecule has 0 amide bonds. The van der Waals surface area contributed by atoms with Gasteiger partial charge in [0.05, 0.1) is 4.90 Å². The molecule has 15 heteroatoms. The van der Waals surface area contributed by atoms with Gasteiger partial charge in [0.1, 0.15) is 26.9 Å². The highest BCUT2D eigenvalue weighted by molar-refractivity contribution is 7.86. The van der Waals surface area contributed by atoms with Gasteiger partial charge in [0.25, 0.3) is 30.4 Å². The average Bonchev–Trinajstić information content (AvgIpc) is 2.63. The molecule has 0 heterocycles. The summed E-state index contributed by atoms with van der Waals surface area (Å²) in [6.07, 6.45) is 0.